The van der Waals surface area contributed by atoms with Crippen LogP contribution in [0.3, 0.4) is 0 Å². The molecule has 2 atom stereocenters. The maximum absolute atomic E-state index is 13.7. The quantitative estimate of drug-likeness (QED) is 0.240. The summed E-state index contributed by atoms with van der Waals surface area (Å²) in [6.07, 6.45) is 5.58. The molecule has 188 valence electrons. The largest absolute Gasteiger partial charge is 1.00 e. The summed E-state index contributed by atoms with van der Waals surface area (Å²) < 4.78 is 1.22. The van der Waals surface area contributed by atoms with Gasteiger partial charge in [-0.15, -0.1) is 10.0 Å². The Labute approximate surface area is 257 Å². The molecule has 4 bridgehead atoms. The highest BCUT2D eigenvalue weighted by molar-refractivity contribution is 9.10. The van der Waals surface area contributed by atoms with Crippen molar-refractivity contribution in [2.75, 3.05) is 14.1 Å². The number of nitrogens with zero attached hydrogens (tertiary/aromatic N) is 5. The van der Waals surface area contributed by atoms with Crippen molar-refractivity contribution < 1.29 is 57.5 Å². The number of pyridine rings is 1. The second kappa shape index (κ2) is 8.97. The molecule has 1 aromatic heterocycles. The zero-order chi connectivity index (χ0) is 24.1. The van der Waals surface area contributed by atoms with Crippen LogP contribution >= 0.6 is 15.9 Å². The summed E-state index contributed by atoms with van der Waals surface area (Å²) in [5.41, 5.74) is 6.99. The van der Waals surface area contributed by atoms with Gasteiger partial charge in [-0.3, -0.25) is 9.59 Å². The number of benzene rings is 2. The number of para-hydroxylation sites is 2. The molecule has 0 radical (unpaired) electrons. The minimum atomic E-state index is -0.219. The third kappa shape index (κ3) is 3.59. The van der Waals surface area contributed by atoms with Crippen LogP contribution in [0.25, 0.3) is 0 Å². The molecule has 0 N–H and O–H groups in total. The first-order valence-electron chi connectivity index (χ1n) is 11.5. The highest BCUT2D eigenvalue weighted by atomic mass is 127. The van der Waals surface area contributed by atoms with Crippen LogP contribution in [0.1, 0.15) is 32.1 Å². The summed E-state index contributed by atoms with van der Waals surface area (Å²) in [5, 5.41) is 3.53. The lowest BCUT2D eigenvalue weighted by Gasteiger charge is -2.51. The Hall–Kier alpha value is -2.13. The number of amides is 2. The number of aromatic nitrogens is 1. The van der Waals surface area contributed by atoms with Crippen LogP contribution in [-0.4, -0.2) is 40.9 Å². The van der Waals surface area contributed by atoms with E-state index in [4.69, 9.17) is 0 Å². The molecule has 2 aromatic carbocycles. The smallest absolute Gasteiger partial charge is 0.323 e. The Balaban J connectivity index is 0.00000140. The normalized spacial score (nSPS) is 23.5. The van der Waals surface area contributed by atoms with Gasteiger partial charge in [0.25, 0.3) is 0 Å². The first kappa shape index (κ1) is 26.5. The standard InChI is InChI=1S/C27H22BrN5O2.2HI/c1-32-15-20(11-17-7-3-5-9-24(17)32)30(32)26(34)22-13-19(28)14-23(29-22)27(35)31-21-12-18-8-4-6-10-25(18)33(31,2)16-21;;/h3-10,13-16H,11-12H2,1-2H3;2*1H/q+2;;/p-2. The van der Waals surface area contributed by atoms with E-state index >= 15 is 0 Å². The third-order valence-corrected chi connectivity index (χ3v) is 7.95. The van der Waals surface area contributed by atoms with Crippen LogP contribution in [-0.2, 0) is 12.8 Å². The van der Waals surface area contributed by atoms with E-state index in [9.17, 15) is 9.59 Å². The number of halogens is 3. The van der Waals surface area contributed by atoms with E-state index < -0.39 is 0 Å². The predicted molar refractivity (Wildman–Crippen MR) is 136 cm³/mol. The molecule has 0 saturated carbocycles. The van der Waals surface area contributed by atoms with Gasteiger partial charge >= 0.3 is 11.8 Å². The van der Waals surface area contributed by atoms with Crippen molar-refractivity contribution >= 4 is 39.1 Å². The fraction of sp³-hybridized carbons (Fsp3) is 0.148. The molecule has 0 fully saturated rings. The van der Waals surface area contributed by atoms with Crippen LogP contribution < -0.4 is 57.1 Å². The summed E-state index contributed by atoms with van der Waals surface area (Å²) >= 11 is 3.51. The number of fused-ring (bicyclic) bond motifs is 3. The zero-order valence-corrected chi connectivity index (χ0v) is 25.9. The molecular weight excluding hydrogens is 760 g/mol. The third-order valence-electron chi connectivity index (χ3n) is 7.49. The minimum absolute atomic E-state index is 0. The van der Waals surface area contributed by atoms with Gasteiger partial charge in [0.05, 0.1) is 0 Å². The minimum Gasteiger partial charge on any atom is -1.00 e. The highest BCUT2D eigenvalue weighted by Gasteiger charge is 2.55. The van der Waals surface area contributed by atoms with Gasteiger partial charge in [0, 0.05) is 40.6 Å². The van der Waals surface area contributed by atoms with Crippen molar-refractivity contribution in [3.05, 3.63) is 111 Å². The van der Waals surface area contributed by atoms with Gasteiger partial charge in [0.2, 0.25) is 0 Å². The number of hydrogen-bond donors (Lipinski definition) is 0. The average Bonchev–Trinajstić information content (AvgIpc) is 2.83. The molecule has 5 aliphatic heterocycles. The van der Waals surface area contributed by atoms with Crippen LogP contribution in [0.2, 0.25) is 0 Å². The van der Waals surface area contributed by atoms with Crippen LogP contribution in [0.15, 0.2) is 88.9 Å². The molecule has 8 rings (SSSR count). The highest BCUT2D eigenvalue weighted by Crippen LogP contribution is 2.47. The lowest BCUT2D eigenvalue weighted by molar-refractivity contribution is -0.00100. The van der Waals surface area contributed by atoms with E-state index in [1.165, 1.54) is 11.1 Å². The first-order chi connectivity index (χ1) is 16.8. The number of quaternary nitrogens is 2. The second-order valence-electron chi connectivity index (χ2n) is 9.69. The monoisotopic (exact) mass is 781 g/mol. The number of allylic oxidation sites excluding steroid dienone is 2. The molecule has 10 heteroatoms. The topological polar surface area (TPSA) is 53.5 Å². The Morgan fingerprint density at radius 2 is 1.16 bits per heavy atom. The van der Waals surface area contributed by atoms with E-state index in [2.05, 4.69) is 57.6 Å². The van der Waals surface area contributed by atoms with Gasteiger partial charge < -0.3 is 48.0 Å². The van der Waals surface area contributed by atoms with Crippen molar-refractivity contribution in [1.29, 1.82) is 0 Å². The van der Waals surface area contributed by atoms with Crippen molar-refractivity contribution in [3.8, 4) is 0 Å². The van der Waals surface area contributed by atoms with E-state index in [0.29, 0.717) is 17.3 Å². The first-order valence-corrected chi connectivity index (χ1v) is 12.3. The molecule has 0 spiro atoms. The Morgan fingerprint density at radius 1 is 0.757 bits per heavy atom. The SMILES string of the molecule is C[N+]12C=C(Cc3ccccc31)N2C(=O)c1cc(Br)cc(C(=O)N2C3=C[N+]2(C)c2ccccc2C3)n1.[I-].[I-]. The molecular formula is C27H22BrI2N5O2. The van der Waals surface area contributed by atoms with E-state index in [1.54, 1.807) is 22.2 Å². The zero-order valence-electron chi connectivity index (χ0n) is 20.0. The molecule has 0 saturated heterocycles. The Bertz CT molecular complexity index is 1460. The molecule has 6 heterocycles. The van der Waals surface area contributed by atoms with Crippen molar-refractivity contribution in [2.45, 2.75) is 12.8 Å². The number of carbonyl (C=O) groups is 2. The molecule has 37 heavy (non-hydrogen) atoms. The summed E-state index contributed by atoms with van der Waals surface area (Å²) in [6.45, 7) is 0. The molecule has 5 aliphatic rings. The number of carbonyl (C=O) groups excluding carboxylic acids is 2. The summed E-state index contributed by atoms with van der Waals surface area (Å²) in [4.78, 5) is 32.0. The average molecular weight is 782 g/mol. The van der Waals surface area contributed by atoms with Crippen LogP contribution in [0.4, 0.5) is 11.4 Å². The van der Waals surface area contributed by atoms with Gasteiger partial charge in [-0.2, -0.15) is 9.18 Å². The fourth-order valence-corrected chi connectivity index (χ4v) is 6.42. The van der Waals surface area contributed by atoms with Crippen LogP contribution in [0.5, 0.6) is 0 Å². The van der Waals surface area contributed by atoms with Gasteiger partial charge in [0.1, 0.15) is 36.9 Å². The summed E-state index contributed by atoms with van der Waals surface area (Å²) in [6, 6.07) is 19.7. The molecule has 7 nitrogen and oxygen atoms in total. The second-order valence-corrected chi connectivity index (χ2v) is 10.6. The lowest BCUT2D eigenvalue weighted by Crippen LogP contribution is -3.00. The number of rotatable bonds is 2. The molecule has 3 aromatic rings. The van der Waals surface area contributed by atoms with E-state index in [0.717, 1.165) is 22.8 Å². The Kier molecular flexibility index (Phi) is 6.42. The van der Waals surface area contributed by atoms with Crippen LogP contribution in [0, 0.1) is 0 Å². The van der Waals surface area contributed by atoms with Gasteiger partial charge in [0.15, 0.2) is 23.8 Å². The van der Waals surface area contributed by atoms with Gasteiger partial charge in [-0.25, -0.2) is 4.98 Å². The van der Waals surface area contributed by atoms with E-state index in [-0.39, 0.29) is 80.3 Å². The Morgan fingerprint density at radius 3 is 1.59 bits per heavy atom. The van der Waals surface area contributed by atoms with Gasteiger partial charge in [-0.1, -0.05) is 52.3 Å². The molecule has 0 aliphatic carbocycles. The maximum atomic E-state index is 13.7. The summed E-state index contributed by atoms with van der Waals surface area (Å²) in [7, 11) is 3.99. The van der Waals surface area contributed by atoms with Crippen molar-refractivity contribution in [3.63, 3.8) is 0 Å². The van der Waals surface area contributed by atoms with Crippen molar-refractivity contribution in [1.82, 2.24) is 24.2 Å². The fourth-order valence-electron chi connectivity index (χ4n) is 5.99. The maximum Gasteiger partial charge on any atom is 0.323 e. The van der Waals surface area contributed by atoms with Gasteiger partial charge in [-0.05, 0) is 12.1 Å². The van der Waals surface area contributed by atoms with Crippen molar-refractivity contribution in [2.24, 2.45) is 0 Å². The molecule has 2 unspecified atom stereocenters. The van der Waals surface area contributed by atoms with E-state index in [1.807, 2.05) is 38.4 Å². The predicted octanol–water partition coefficient (Wildman–Crippen LogP) is -1.34. The molecule has 2 amide bonds. The summed E-state index contributed by atoms with van der Waals surface area (Å²) in [5.74, 6) is -0.437. The lowest BCUT2D eigenvalue weighted by atomic mass is 9.98. The number of hydrogen-bond acceptors (Lipinski definition) is 3.